The summed E-state index contributed by atoms with van der Waals surface area (Å²) in [5.41, 5.74) is -5.92. The summed E-state index contributed by atoms with van der Waals surface area (Å²) in [5, 5.41) is 36.2. The van der Waals surface area contributed by atoms with Crippen LogP contribution in [0.25, 0.3) is 0 Å². The van der Waals surface area contributed by atoms with Gasteiger partial charge in [-0.1, -0.05) is 32.9 Å². The largest absolute Gasteiger partial charge is 0.458 e. The van der Waals surface area contributed by atoms with Crippen LogP contribution in [0.2, 0.25) is 0 Å². The quantitative estimate of drug-likeness (QED) is 0.259. The molecule has 10 heteroatoms. The van der Waals surface area contributed by atoms with Crippen molar-refractivity contribution in [2.24, 2.45) is 29.1 Å². The second-order valence-corrected chi connectivity index (χ2v) is 12.3. The van der Waals surface area contributed by atoms with Gasteiger partial charge in [-0.25, -0.2) is 0 Å². The Bertz CT molecular complexity index is 1120. The van der Waals surface area contributed by atoms with Gasteiger partial charge in [0.1, 0.15) is 12.2 Å². The first-order valence-corrected chi connectivity index (χ1v) is 13.0. The fraction of sp³-hybridized carbons (Fsp3) is 0.750. The molecule has 0 radical (unpaired) electrons. The number of ether oxygens (including phenoxy) is 4. The smallest absolute Gasteiger partial charge is 0.303 e. The van der Waals surface area contributed by atoms with Crippen molar-refractivity contribution in [2.75, 3.05) is 13.7 Å². The number of carbonyl (C=O) groups excluding carboxylic acids is 3. The molecule has 10 nitrogen and oxygen atoms in total. The normalized spacial score (nSPS) is 43.1. The van der Waals surface area contributed by atoms with Gasteiger partial charge in [0.05, 0.1) is 12.2 Å². The van der Waals surface area contributed by atoms with E-state index >= 15 is 0 Å². The third-order valence-corrected chi connectivity index (χ3v) is 9.62. The van der Waals surface area contributed by atoms with Crippen LogP contribution in [0, 0.1) is 29.1 Å². The zero-order valence-corrected chi connectivity index (χ0v) is 23.5. The molecule has 2 saturated carbocycles. The standard InChI is InChI=1S/C28H40O10/c1-13-10-19-26(33)14(2)23(37-15(3)29)28(38-16(4)30)20(24(28,5)6)18(26)11-17(12-36-25(7,8)35-9)22(32)27(19,34)21(13)31/h10-11,14,18-20,22-23,32-34H,12H2,1-9H3/t14-,18+,19+,20-,22-,23-,26-,27-,28-/m1/s1. The minimum Gasteiger partial charge on any atom is -0.458 e. The number of rotatable bonds is 6. The molecule has 4 aliphatic carbocycles. The van der Waals surface area contributed by atoms with E-state index < -0.39 is 81.6 Å². The molecule has 0 aromatic heterocycles. The van der Waals surface area contributed by atoms with Crippen molar-refractivity contribution in [3.8, 4) is 0 Å². The van der Waals surface area contributed by atoms with Gasteiger partial charge in [0.15, 0.2) is 22.8 Å². The third-order valence-electron chi connectivity index (χ3n) is 9.62. The number of hydrogen-bond acceptors (Lipinski definition) is 10. The lowest BCUT2D eigenvalue weighted by molar-refractivity contribution is -0.232. The molecule has 212 valence electrons. The van der Waals surface area contributed by atoms with Crippen molar-refractivity contribution in [1.82, 2.24) is 0 Å². The summed E-state index contributed by atoms with van der Waals surface area (Å²) in [4.78, 5) is 38.0. The molecule has 0 spiro atoms. The fourth-order valence-corrected chi connectivity index (χ4v) is 7.56. The van der Waals surface area contributed by atoms with Gasteiger partial charge in [-0.05, 0) is 31.9 Å². The van der Waals surface area contributed by atoms with Gasteiger partial charge >= 0.3 is 11.9 Å². The summed E-state index contributed by atoms with van der Waals surface area (Å²) in [6.45, 7) is 12.6. The average Bonchev–Trinajstić information content (AvgIpc) is 3.21. The Hall–Kier alpha value is -2.11. The number of ketones is 1. The maximum atomic E-state index is 13.4. The Balaban J connectivity index is 1.97. The second-order valence-electron chi connectivity index (χ2n) is 12.3. The molecule has 4 rings (SSSR count). The number of methoxy groups -OCH3 is 1. The van der Waals surface area contributed by atoms with E-state index in [-0.39, 0.29) is 17.8 Å². The molecule has 0 heterocycles. The van der Waals surface area contributed by atoms with E-state index in [0.29, 0.717) is 0 Å². The molecular formula is C28H40O10. The lowest BCUT2D eigenvalue weighted by Gasteiger charge is -2.53. The van der Waals surface area contributed by atoms with Crippen LogP contribution in [0.3, 0.4) is 0 Å². The van der Waals surface area contributed by atoms with E-state index in [0.717, 1.165) is 0 Å². The van der Waals surface area contributed by atoms with Crippen LogP contribution in [0.15, 0.2) is 23.3 Å². The lowest BCUT2D eigenvalue weighted by atomic mass is 9.58. The minimum atomic E-state index is -2.39. The molecule has 0 bridgehead atoms. The molecule has 0 saturated heterocycles. The van der Waals surface area contributed by atoms with Crippen LogP contribution in [-0.4, -0.2) is 81.6 Å². The highest BCUT2D eigenvalue weighted by molar-refractivity contribution is 6.05. The van der Waals surface area contributed by atoms with Gasteiger partial charge in [-0.2, -0.15) is 0 Å². The molecule has 0 unspecified atom stereocenters. The second kappa shape index (κ2) is 8.69. The van der Waals surface area contributed by atoms with Gasteiger partial charge in [0, 0.05) is 50.0 Å². The van der Waals surface area contributed by atoms with Crippen molar-refractivity contribution in [3.05, 3.63) is 23.3 Å². The summed E-state index contributed by atoms with van der Waals surface area (Å²) in [7, 11) is 1.46. The number of fused-ring (bicyclic) bond motifs is 5. The van der Waals surface area contributed by atoms with E-state index in [4.69, 9.17) is 18.9 Å². The SMILES string of the molecule is COC(C)(C)OCC1=C[C@H]2[C@@H]3C(C)(C)[C@]3(OC(C)=O)[C@H](OC(C)=O)[C@@H](C)[C@]2(O)[C@@H]2C=C(C)C(=O)[C@@]2(O)[C@@H]1O. The lowest BCUT2D eigenvalue weighted by Crippen LogP contribution is -2.67. The van der Waals surface area contributed by atoms with Crippen LogP contribution < -0.4 is 0 Å². The highest BCUT2D eigenvalue weighted by Gasteiger charge is 2.88. The molecule has 0 aromatic carbocycles. The molecule has 2 fully saturated rings. The topological polar surface area (TPSA) is 149 Å². The average molecular weight is 537 g/mol. The Morgan fingerprint density at radius 2 is 1.71 bits per heavy atom. The number of aliphatic hydroxyl groups excluding tert-OH is 1. The zero-order chi connectivity index (χ0) is 28.8. The Morgan fingerprint density at radius 3 is 2.24 bits per heavy atom. The maximum absolute atomic E-state index is 13.4. The number of esters is 2. The van der Waals surface area contributed by atoms with Gasteiger partial charge < -0.3 is 34.3 Å². The molecule has 3 N–H and O–H groups in total. The molecule has 9 atom stereocenters. The molecular weight excluding hydrogens is 496 g/mol. The van der Waals surface area contributed by atoms with Gasteiger partial charge in [0.25, 0.3) is 0 Å². The summed E-state index contributed by atoms with van der Waals surface area (Å²) in [5.74, 6) is -6.49. The minimum absolute atomic E-state index is 0.192. The van der Waals surface area contributed by atoms with Gasteiger partial charge in [-0.15, -0.1) is 0 Å². The first-order chi connectivity index (χ1) is 17.3. The van der Waals surface area contributed by atoms with Crippen molar-refractivity contribution >= 4 is 17.7 Å². The van der Waals surface area contributed by atoms with Crippen molar-refractivity contribution in [1.29, 1.82) is 0 Å². The Morgan fingerprint density at radius 1 is 1.11 bits per heavy atom. The predicted octanol–water partition coefficient (Wildman–Crippen LogP) is 1.45. The van der Waals surface area contributed by atoms with Crippen molar-refractivity contribution < 1.29 is 48.7 Å². The Labute approximate surface area is 223 Å². The van der Waals surface area contributed by atoms with Crippen molar-refractivity contribution in [3.63, 3.8) is 0 Å². The first kappa shape index (κ1) is 28.9. The molecule has 38 heavy (non-hydrogen) atoms. The predicted molar refractivity (Wildman–Crippen MR) is 133 cm³/mol. The molecule has 4 aliphatic rings. The number of Topliss-reactive ketones (excluding diaryl/α,β-unsaturated/α-hetero) is 1. The number of hydrogen-bond donors (Lipinski definition) is 3. The third kappa shape index (κ3) is 3.60. The summed E-state index contributed by atoms with van der Waals surface area (Å²) in [6, 6.07) is 0. The Kier molecular flexibility index (Phi) is 6.61. The molecule has 0 amide bonds. The van der Waals surface area contributed by atoms with E-state index in [2.05, 4.69) is 0 Å². The van der Waals surface area contributed by atoms with Gasteiger partial charge in [0.2, 0.25) is 0 Å². The maximum Gasteiger partial charge on any atom is 0.303 e. The fourth-order valence-electron chi connectivity index (χ4n) is 7.56. The number of carbonyl (C=O) groups is 3. The van der Waals surface area contributed by atoms with E-state index in [1.54, 1.807) is 26.8 Å². The van der Waals surface area contributed by atoms with Crippen LogP contribution in [-0.2, 0) is 33.3 Å². The summed E-state index contributed by atoms with van der Waals surface area (Å²) in [6.07, 6.45) is 0.349. The van der Waals surface area contributed by atoms with Gasteiger partial charge in [-0.3, -0.25) is 14.4 Å². The van der Waals surface area contributed by atoms with Crippen LogP contribution in [0.1, 0.15) is 55.4 Å². The monoisotopic (exact) mass is 536 g/mol. The van der Waals surface area contributed by atoms with Crippen molar-refractivity contribution in [2.45, 2.75) is 90.2 Å². The van der Waals surface area contributed by atoms with Crippen LogP contribution in [0.4, 0.5) is 0 Å². The summed E-state index contributed by atoms with van der Waals surface area (Å²) < 4.78 is 22.9. The highest BCUT2D eigenvalue weighted by Crippen LogP contribution is 2.77. The molecule has 0 aromatic rings. The molecule has 0 aliphatic heterocycles. The zero-order valence-electron chi connectivity index (χ0n) is 23.5. The first-order valence-electron chi connectivity index (χ1n) is 13.0. The summed E-state index contributed by atoms with van der Waals surface area (Å²) >= 11 is 0. The van der Waals surface area contributed by atoms with E-state index in [1.807, 2.05) is 13.8 Å². The highest BCUT2D eigenvalue weighted by atomic mass is 16.7. The van der Waals surface area contributed by atoms with Crippen LogP contribution in [0.5, 0.6) is 0 Å². The van der Waals surface area contributed by atoms with E-state index in [9.17, 15) is 29.7 Å². The van der Waals surface area contributed by atoms with E-state index in [1.165, 1.54) is 34.0 Å². The number of aliphatic hydroxyl groups is 3. The van der Waals surface area contributed by atoms with Crippen LogP contribution >= 0.6 is 0 Å².